The van der Waals surface area contributed by atoms with Gasteiger partial charge in [-0.05, 0) is 55.3 Å². The molecule has 138 valence electrons. The second-order valence-corrected chi connectivity index (χ2v) is 6.44. The molecule has 3 aromatic rings. The molecule has 5 heteroatoms. The maximum atomic E-state index is 13.3. The lowest BCUT2D eigenvalue weighted by Gasteiger charge is -2.12. The molecule has 0 atom stereocenters. The molecule has 1 amide bonds. The standard InChI is InChI=1S/C22H21FN2O2/c1-15-20(16(2)26)12-21(18-8-10-19(23)11-9-18)25(15)14-22(27)24-13-17-6-4-3-5-7-17/h3-12H,13-14H2,1-2H3,(H,24,27). The lowest BCUT2D eigenvalue weighted by molar-refractivity contribution is -0.121. The fourth-order valence-corrected chi connectivity index (χ4v) is 3.06. The Labute approximate surface area is 157 Å². The third-order valence-corrected chi connectivity index (χ3v) is 4.52. The highest BCUT2D eigenvalue weighted by molar-refractivity contribution is 5.97. The van der Waals surface area contributed by atoms with Crippen LogP contribution in [0.4, 0.5) is 4.39 Å². The average Bonchev–Trinajstić information content (AvgIpc) is 2.98. The number of rotatable bonds is 6. The number of hydrogen-bond acceptors (Lipinski definition) is 2. The Bertz CT molecular complexity index is 960. The van der Waals surface area contributed by atoms with E-state index in [0.717, 1.165) is 16.8 Å². The van der Waals surface area contributed by atoms with Gasteiger partial charge in [0.05, 0.1) is 0 Å². The van der Waals surface area contributed by atoms with Crippen molar-refractivity contribution >= 4 is 11.7 Å². The van der Waals surface area contributed by atoms with Crippen LogP contribution in [0.15, 0.2) is 60.7 Å². The van der Waals surface area contributed by atoms with E-state index in [1.807, 2.05) is 37.3 Å². The van der Waals surface area contributed by atoms with Crippen LogP contribution < -0.4 is 5.32 Å². The predicted octanol–water partition coefficient (Wildman–Crippen LogP) is 4.12. The van der Waals surface area contributed by atoms with Crippen molar-refractivity contribution in [1.29, 1.82) is 0 Å². The molecule has 0 saturated heterocycles. The summed E-state index contributed by atoms with van der Waals surface area (Å²) in [5, 5.41) is 2.90. The quantitative estimate of drug-likeness (QED) is 0.669. The van der Waals surface area contributed by atoms with Crippen LogP contribution in [0.5, 0.6) is 0 Å². The number of hydrogen-bond donors (Lipinski definition) is 1. The van der Waals surface area contributed by atoms with Gasteiger partial charge in [-0.2, -0.15) is 0 Å². The first kappa shape index (κ1) is 18.6. The lowest BCUT2D eigenvalue weighted by Crippen LogP contribution is -2.27. The van der Waals surface area contributed by atoms with Gasteiger partial charge in [0, 0.05) is 23.5 Å². The molecular weight excluding hydrogens is 343 g/mol. The van der Waals surface area contributed by atoms with Crippen LogP contribution in [0.1, 0.15) is 28.5 Å². The lowest BCUT2D eigenvalue weighted by atomic mass is 10.1. The fraction of sp³-hybridized carbons (Fsp3) is 0.182. The summed E-state index contributed by atoms with van der Waals surface area (Å²) in [5.74, 6) is -0.559. The molecule has 2 aromatic carbocycles. The maximum Gasteiger partial charge on any atom is 0.240 e. The number of ketones is 1. The van der Waals surface area contributed by atoms with Crippen LogP contribution in [0.3, 0.4) is 0 Å². The summed E-state index contributed by atoms with van der Waals surface area (Å²) in [5.41, 5.74) is 3.76. The van der Waals surface area contributed by atoms with Gasteiger partial charge in [0.25, 0.3) is 0 Å². The average molecular weight is 364 g/mol. The number of amides is 1. The number of nitrogens with zero attached hydrogens (tertiary/aromatic N) is 1. The molecule has 27 heavy (non-hydrogen) atoms. The number of halogens is 1. The molecule has 1 N–H and O–H groups in total. The normalized spacial score (nSPS) is 10.6. The van der Waals surface area contributed by atoms with E-state index in [-0.39, 0.29) is 24.1 Å². The maximum absolute atomic E-state index is 13.3. The van der Waals surface area contributed by atoms with Crippen molar-refractivity contribution in [3.8, 4) is 11.3 Å². The second kappa shape index (κ2) is 7.99. The highest BCUT2D eigenvalue weighted by Crippen LogP contribution is 2.26. The van der Waals surface area contributed by atoms with Gasteiger partial charge < -0.3 is 9.88 Å². The highest BCUT2D eigenvalue weighted by atomic mass is 19.1. The summed E-state index contributed by atoms with van der Waals surface area (Å²) in [7, 11) is 0. The van der Waals surface area contributed by atoms with Gasteiger partial charge in [0.15, 0.2) is 5.78 Å². The summed E-state index contributed by atoms with van der Waals surface area (Å²) in [6, 6.07) is 17.4. The van der Waals surface area contributed by atoms with E-state index in [9.17, 15) is 14.0 Å². The zero-order chi connectivity index (χ0) is 19.4. The van der Waals surface area contributed by atoms with Gasteiger partial charge >= 0.3 is 0 Å². The molecule has 0 aliphatic carbocycles. The molecule has 3 rings (SSSR count). The number of Topliss-reactive ketones (excluding diaryl/α,β-unsaturated/α-hetero) is 1. The Morgan fingerprint density at radius 3 is 2.33 bits per heavy atom. The molecule has 0 aliphatic heterocycles. The van der Waals surface area contributed by atoms with Crippen molar-refractivity contribution in [3.05, 3.63) is 83.3 Å². The van der Waals surface area contributed by atoms with Crippen molar-refractivity contribution in [2.45, 2.75) is 26.9 Å². The largest absolute Gasteiger partial charge is 0.350 e. The van der Waals surface area contributed by atoms with E-state index in [1.54, 1.807) is 22.8 Å². The van der Waals surface area contributed by atoms with E-state index in [2.05, 4.69) is 5.32 Å². The minimum absolute atomic E-state index is 0.0701. The summed E-state index contributed by atoms with van der Waals surface area (Å²) >= 11 is 0. The van der Waals surface area contributed by atoms with Gasteiger partial charge in [0.1, 0.15) is 12.4 Å². The molecule has 0 unspecified atom stereocenters. The first-order valence-electron chi connectivity index (χ1n) is 8.73. The Hall–Kier alpha value is -3.21. The molecule has 0 bridgehead atoms. The molecule has 0 saturated carbocycles. The van der Waals surface area contributed by atoms with Crippen molar-refractivity contribution in [3.63, 3.8) is 0 Å². The van der Waals surface area contributed by atoms with Crippen LogP contribution in [-0.4, -0.2) is 16.3 Å². The first-order valence-corrected chi connectivity index (χ1v) is 8.73. The van der Waals surface area contributed by atoms with E-state index in [0.29, 0.717) is 17.8 Å². The van der Waals surface area contributed by atoms with E-state index >= 15 is 0 Å². The van der Waals surface area contributed by atoms with Crippen molar-refractivity contribution in [2.75, 3.05) is 0 Å². The van der Waals surface area contributed by atoms with E-state index < -0.39 is 0 Å². The Balaban J connectivity index is 1.85. The Morgan fingerprint density at radius 1 is 1.04 bits per heavy atom. The monoisotopic (exact) mass is 364 g/mol. The topological polar surface area (TPSA) is 51.1 Å². The second-order valence-electron chi connectivity index (χ2n) is 6.44. The van der Waals surface area contributed by atoms with Crippen LogP contribution in [0.25, 0.3) is 11.3 Å². The van der Waals surface area contributed by atoms with E-state index in [4.69, 9.17) is 0 Å². The summed E-state index contributed by atoms with van der Waals surface area (Å²) < 4.78 is 15.1. The van der Waals surface area contributed by atoms with Gasteiger partial charge in [-0.25, -0.2) is 4.39 Å². The van der Waals surface area contributed by atoms with Crippen molar-refractivity contribution in [1.82, 2.24) is 9.88 Å². The first-order chi connectivity index (χ1) is 13.0. The Morgan fingerprint density at radius 2 is 1.70 bits per heavy atom. The van der Waals surface area contributed by atoms with E-state index in [1.165, 1.54) is 19.1 Å². The van der Waals surface area contributed by atoms with Gasteiger partial charge in [-0.15, -0.1) is 0 Å². The van der Waals surface area contributed by atoms with Crippen LogP contribution >= 0.6 is 0 Å². The predicted molar refractivity (Wildman–Crippen MR) is 103 cm³/mol. The number of carbonyl (C=O) groups is 2. The molecule has 0 spiro atoms. The van der Waals surface area contributed by atoms with Crippen LogP contribution in [0, 0.1) is 12.7 Å². The fourth-order valence-electron chi connectivity index (χ4n) is 3.06. The molecular formula is C22H21FN2O2. The zero-order valence-electron chi connectivity index (χ0n) is 15.3. The molecule has 0 aliphatic rings. The Kier molecular flexibility index (Phi) is 5.50. The van der Waals surface area contributed by atoms with Gasteiger partial charge in [-0.1, -0.05) is 30.3 Å². The minimum atomic E-state index is -0.332. The number of nitrogens with one attached hydrogen (secondary N) is 1. The van der Waals surface area contributed by atoms with Crippen molar-refractivity contribution in [2.24, 2.45) is 0 Å². The molecule has 1 aromatic heterocycles. The summed E-state index contributed by atoms with van der Waals surface area (Å²) in [6.45, 7) is 3.83. The molecule has 0 fully saturated rings. The number of aromatic nitrogens is 1. The number of carbonyl (C=O) groups excluding carboxylic acids is 2. The zero-order valence-corrected chi connectivity index (χ0v) is 15.3. The van der Waals surface area contributed by atoms with Gasteiger partial charge in [0.2, 0.25) is 5.91 Å². The summed E-state index contributed by atoms with van der Waals surface area (Å²) in [6.07, 6.45) is 0. The highest BCUT2D eigenvalue weighted by Gasteiger charge is 2.18. The number of benzene rings is 2. The minimum Gasteiger partial charge on any atom is -0.350 e. The summed E-state index contributed by atoms with van der Waals surface area (Å²) in [4.78, 5) is 24.4. The van der Waals surface area contributed by atoms with Crippen LogP contribution in [0.2, 0.25) is 0 Å². The molecule has 0 radical (unpaired) electrons. The molecule has 4 nitrogen and oxygen atoms in total. The third kappa shape index (κ3) is 4.31. The van der Waals surface area contributed by atoms with Crippen molar-refractivity contribution < 1.29 is 14.0 Å². The van der Waals surface area contributed by atoms with Crippen LogP contribution in [-0.2, 0) is 17.9 Å². The SMILES string of the molecule is CC(=O)c1cc(-c2ccc(F)cc2)n(CC(=O)NCc2ccccc2)c1C. The molecule has 1 heterocycles. The van der Waals surface area contributed by atoms with Gasteiger partial charge in [-0.3, -0.25) is 9.59 Å². The third-order valence-electron chi connectivity index (χ3n) is 4.52. The smallest absolute Gasteiger partial charge is 0.240 e.